The van der Waals surface area contributed by atoms with Crippen LogP contribution in [0.1, 0.15) is 52.5 Å². The Balaban J connectivity index is 1.50. The minimum Gasteiger partial charge on any atom is -0.427 e. The van der Waals surface area contributed by atoms with Gasteiger partial charge in [0.05, 0.1) is 6.10 Å². The lowest BCUT2D eigenvalue weighted by Gasteiger charge is -2.31. The summed E-state index contributed by atoms with van der Waals surface area (Å²) in [5, 5.41) is 5.53. The molecule has 0 amide bonds. The molecule has 0 saturated carbocycles. The molecule has 2 heterocycles. The summed E-state index contributed by atoms with van der Waals surface area (Å²) in [6.45, 7) is 8.26. The minimum absolute atomic E-state index is 0.0397. The van der Waals surface area contributed by atoms with Gasteiger partial charge in [0.1, 0.15) is 17.5 Å². The molecule has 1 aliphatic heterocycles. The normalized spacial score (nSPS) is 16.8. The summed E-state index contributed by atoms with van der Waals surface area (Å²) in [6, 6.07) is 4.85. The molecule has 3 rings (SSSR count). The first-order valence-corrected chi connectivity index (χ1v) is 11.4. The Morgan fingerprint density at radius 1 is 1.32 bits per heavy atom. The van der Waals surface area contributed by atoms with E-state index >= 15 is 0 Å². The van der Waals surface area contributed by atoms with Gasteiger partial charge in [-0.2, -0.15) is 4.98 Å². The van der Waals surface area contributed by atoms with Crippen molar-refractivity contribution >= 4 is 17.9 Å². The largest absolute Gasteiger partial charge is 0.528 e. The number of hydroxylamine groups is 2. The number of aromatic nitrogens is 2. The summed E-state index contributed by atoms with van der Waals surface area (Å²) in [4.78, 5) is 21.9. The van der Waals surface area contributed by atoms with Gasteiger partial charge in [-0.05, 0) is 65.0 Å². The second-order valence-electron chi connectivity index (χ2n) is 8.27. The van der Waals surface area contributed by atoms with Crippen LogP contribution in [0.2, 0.25) is 0 Å². The van der Waals surface area contributed by atoms with Gasteiger partial charge in [-0.15, -0.1) is 16.8 Å². The molecule has 170 valence electrons. The van der Waals surface area contributed by atoms with Gasteiger partial charge in [0.15, 0.2) is 0 Å². The highest BCUT2D eigenvalue weighted by Gasteiger charge is 2.28. The van der Waals surface area contributed by atoms with Gasteiger partial charge < -0.3 is 18.8 Å². The summed E-state index contributed by atoms with van der Waals surface area (Å²) in [6.07, 6.45) is 2.01. The van der Waals surface area contributed by atoms with Crippen LogP contribution in [0, 0.1) is 5.82 Å². The van der Waals surface area contributed by atoms with Crippen molar-refractivity contribution in [2.75, 3.05) is 19.3 Å². The average molecular weight is 454 g/mol. The topological polar surface area (TPSA) is 86.9 Å². The zero-order valence-electron chi connectivity index (χ0n) is 18.4. The predicted octanol–water partition coefficient (Wildman–Crippen LogP) is 5.01. The lowest BCUT2D eigenvalue weighted by molar-refractivity contribution is -0.169. The van der Waals surface area contributed by atoms with Crippen molar-refractivity contribution < 1.29 is 28.0 Å². The molecular formula is C21H28FN3O5S. The fraction of sp³-hybridized carbons (Fsp3) is 0.571. The number of benzene rings is 1. The van der Waals surface area contributed by atoms with Crippen LogP contribution in [0.15, 0.2) is 27.6 Å². The van der Waals surface area contributed by atoms with Crippen molar-refractivity contribution in [2.45, 2.75) is 63.2 Å². The highest BCUT2D eigenvalue weighted by molar-refractivity contribution is 7.98. The van der Waals surface area contributed by atoms with Crippen LogP contribution in [0.4, 0.5) is 9.18 Å². The summed E-state index contributed by atoms with van der Waals surface area (Å²) >= 11 is 1.34. The maximum Gasteiger partial charge on any atom is 0.528 e. The maximum atomic E-state index is 14.0. The van der Waals surface area contributed by atoms with Crippen LogP contribution < -0.4 is 0 Å². The number of thioether (sulfide) groups is 1. The van der Waals surface area contributed by atoms with Gasteiger partial charge in [-0.3, -0.25) is 0 Å². The first kappa shape index (κ1) is 23.5. The van der Waals surface area contributed by atoms with E-state index in [0.29, 0.717) is 48.1 Å². The van der Waals surface area contributed by atoms with Crippen molar-refractivity contribution in [3.05, 3.63) is 29.9 Å². The fourth-order valence-corrected chi connectivity index (χ4v) is 3.56. The SMILES string of the molecule is CSc1ccc(-c2noc([C@H](C)OC3CCN(OC(=O)OC(C)(C)C)CC3)n2)cc1F. The third-order valence-corrected chi connectivity index (χ3v) is 5.36. The third-order valence-electron chi connectivity index (χ3n) is 4.59. The molecule has 0 N–H and O–H groups in total. The van der Waals surface area contributed by atoms with Gasteiger partial charge in [-0.25, -0.2) is 9.18 Å². The monoisotopic (exact) mass is 453 g/mol. The number of halogens is 1. The van der Waals surface area contributed by atoms with Gasteiger partial charge in [0, 0.05) is 23.5 Å². The Kier molecular flexibility index (Phi) is 7.55. The molecule has 1 atom stereocenters. The number of nitrogens with zero attached hydrogens (tertiary/aromatic N) is 3. The van der Waals surface area contributed by atoms with E-state index < -0.39 is 17.9 Å². The van der Waals surface area contributed by atoms with E-state index in [1.807, 2.05) is 13.2 Å². The number of carbonyl (C=O) groups is 1. The van der Waals surface area contributed by atoms with E-state index in [2.05, 4.69) is 10.1 Å². The molecule has 0 unspecified atom stereocenters. The number of rotatable bonds is 6. The van der Waals surface area contributed by atoms with Crippen molar-refractivity contribution in [2.24, 2.45) is 0 Å². The molecule has 1 fully saturated rings. The van der Waals surface area contributed by atoms with Crippen LogP contribution in [-0.4, -0.2) is 52.4 Å². The Bertz CT molecular complexity index is 893. The van der Waals surface area contributed by atoms with Gasteiger partial charge in [0.2, 0.25) is 5.82 Å². The van der Waals surface area contributed by atoms with Crippen LogP contribution in [0.5, 0.6) is 0 Å². The molecule has 1 aliphatic rings. The smallest absolute Gasteiger partial charge is 0.427 e. The number of ether oxygens (including phenoxy) is 2. The molecule has 8 nitrogen and oxygen atoms in total. The molecule has 0 bridgehead atoms. The van der Waals surface area contributed by atoms with Crippen LogP contribution in [-0.2, 0) is 14.3 Å². The quantitative estimate of drug-likeness (QED) is 0.442. The Labute approximate surface area is 185 Å². The second-order valence-corrected chi connectivity index (χ2v) is 9.12. The van der Waals surface area contributed by atoms with Crippen molar-refractivity contribution in [1.82, 2.24) is 15.2 Å². The van der Waals surface area contributed by atoms with Crippen LogP contribution >= 0.6 is 11.8 Å². The van der Waals surface area contributed by atoms with Crippen molar-refractivity contribution in [3.8, 4) is 11.4 Å². The molecule has 1 aromatic carbocycles. The van der Waals surface area contributed by atoms with Gasteiger partial charge in [0.25, 0.3) is 5.89 Å². The number of hydrogen-bond acceptors (Lipinski definition) is 9. The standard InChI is InChI=1S/C21H28FN3O5S/c1-13(19-23-18(24-29-19)14-6-7-17(31-5)16(22)12-14)27-15-8-10-25(11-9-15)30-20(26)28-21(2,3)4/h6-7,12-13,15H,8-11H2,1-5H3/t13-/m0/s1. The molecule has 31 heavy (non-hydrogen) atoms. The van der Waals surface area contributed by atoms with E-state index in [9.17, 15) is 9.18 Å². The molecule has 2 aromatic rings. The third kappa shape index (κ3) is 6.65. The lowest BCUT2D eigenvalue weighted by atomic mass is 10.1. The zero-order chi connectivity index (χ0) is 22.6. The van der Waals surface area contributed by atoms with Crippen LogP contribution in [0.3, 0.4) is 0 Å². The van der Waals surface area contributed by atoms with E-state index in [4.69, 9.17) is 18.8 Å². The van der Waals surface area contributed by atoms with Crippen molar-refractivity contribution in [1.29, 1.82) is 0 Å². The molecule has 0 spiro atoms. The summed E-state index contributed by atoms with van der Waals surface area (Å²) in [7, 11) is 0. The Hall–Kier alpha value is -2.17. The second kappa shape index (κ2) is 9.97. The number of piperidine rings is 1. The van der Waals surface area contributed by atoms with Gasteiger partial charge >= 0.3 is 6.16 Å². The summed E-state index contributed by atoms with van der Waals surface area (Å²) in [5.74, 6) is 0.329. The lowest BCUT2D eigenvalue weighted by Crippen LogP contribution is -2.40. The first-order chi connectivity index (χ1) is 14.6. The maximum absolute atomic E-state index is 14.0. The van der Waals surface area contributed by atoms with E-state index in [1.54, 1.807) is 38.0 Å². The fourth-order valence-electron chi connectivity index (χ4n) is 3.10. The minimum atomic E-state index is -0.708. The molecule has 1 saturated heterocycles. The van der Waals surface area contributed by atoms with Crippen LogP contribution in [0.25, 0.3) is 11.4 Å². The number of carbonyl (C=O) groups excluding carboxylic acids is 1. The summed E-state index contributed by atoms with van der Waals surface area (Å²) < 4.78 is 30.6. The van der Waals surface area contributed by atoms with E-state index in [-0.39, 0.29) is 11.9 Å². The molecule has 10 heteroatoms. The highest BCUT2D eigenvalue weighted by Crippen LogP contribution is 2.27. The Morgan fingerprint density at radius 2 is 2.03 bits per heavy atom. The first-order valence-electron chi connectivity index (χ1n) is 10.1. The average Bonchev–Trinajstić information content (AvgIpc) is 3.18. The van der Waals surface area contributed by atoms with Crippen molar-refractivity contribution in [3.63, 3.8) is 0 Å². The molecule has 1 aromatic heterocycles. The molecule has 0 radical (unpaired) electrons. The van der Waals surface area contributed by atoms with E-state index in [1.165, 1.54) is 17.8 Å². The Morgan fingerprint density at radius 3 is 2.65 bits per heavy atom. The predicted molar refractivity (Wildman–Crippen MR) is 113 cm³/mol. The highest BCUT2D eigenvalue weighted by atomic mass is 32.2. The number of hydrogen-bond donors (Lipinski definition) is 0. The molecule has 0 aliphatic carbocycles. The van der Waals surface area contributed by atoms with Gasteiger partial charge in [-0.1, -0.05) is 5.16 Å². The summed E-state index contributed by atoms with van der Waals surface area (Å²) in [5.41, 5.74) is -0.0512. The molecular weight excluding hydrogens is 425 g/mol. The van der Waals surface area contributed by atoms with E-state index in [0.717, 1.165) is 0 Å². The zero-order valence-corrected chi connectivity index (χ0v) is 19.2.